The van der Waals surface area contributed by atoms with Crippen molar-refractivity contribution in [3.63, 3.8) is 0 Å². The summed E-state index contributed by atoms with van der Waals surface area (Å²) in [5.41, 5.74) is 1.22. The molecule has 8 nitrogen and oxygen atoms in total. The third-order valence-electron chi connectivity index (χ3n) is 5.54. The van der Waals surface area contributed by atoms with Crippen molar-refractivity contribution in [2.24, 2.45) is 5.92 Å². The van der Waals surface area contributed by atoms with E-state index in [1.165, 1.54) is 29.8 Å². The van der Waals surface area contributed by atoms with Gasteiger partial charge in [0, 0.05) is 24.1 Å². The summed E-state index contributed by atoms with van der Waals surface area (Å²) in [6, 6.07) is 15.8. The van der Waals surface area contributed by atoms with Gasteiger partial charge in [0.1, 0.15) is 12.3 Å². The van der Waals surface area contributed by atoms with Crippen molar-refractivity contribution in [2.75, 3.05) is 26.7 Å². The standard InChI is InChI=1S/C20H24N2O6P/c1-22(13-16-5-3-2-4-6-16)12-11-20-17(14-22)15-26-29(25,28-20)27-19-9-7-18(8-10-19)21(23)24/h2-10,17,20H,11-15H2,1H3/q+1/t17-,20-,22?,29?/m0/s1. The van der Waals surface area contributed by atoms with Crippen LogP contribution in [0.2, 0.25) is 0 Å². The summed E-state index contributed by atoms with van der Waals surface area (Å²) in [4.78, 5) is 10.2. The van der Waals surface area contributed by atoms with Gasteiger partial charge in [0.05, 0.1) is 43.7 Å². The number of likely N-dealkylation sites (tertiary alicyclic amines) is 1. The van der Waals surface area contributed by atoms with Gasteiger partial charge in [-0.05, 0) is 12.1 Å². The molecule has 0 radical (unpaired) electrons. The zero-order valence-corrected chi connectivity index (χ0v) is 17.1. The second-order valence-electron chi connectivity index (χ2n) is 7.95. The van der Waals surface area contributed by atoms with Gasteiger partial charge in [-0.1, -0.05) is 30.3 Å². The molecule has 0 saturated carbocycles. The minimum Gasteiger partial charge on any atom is -0.404 e. The average Bonchev–Trinajstić information content (AvgIpc) is 2.69. The molecule has 0 amide bonds. The molecule has 9 heteroatoms. The van der Waals surface area contributed by atoms with Crippen molar-refractivity contribution in [1.29, 1.82) is 0 Å². The maximum Gasteiger partial charge on any atom is 0.530 e. The Hall–Kier alpha value is -2.25. The predicted molar refractivity (Wildman–Crippen MR) is 106 cm³/mol. The Morgan fingerprint density at radius 3 is 2.62 bits per heavy atom. The Bertz CT molecular complexity index is 922. The number of benzene rings is 2. The monoisotopic (exact) mass is 419 g/mol. The molecule has 4 rings (SSSR count). The highest BCUT2D eigenvalue weighted by Gasteiger charge is 2.48. The molecule has 2 aromatic rings. The second-order valence-corrected chi connectivity index (χ2v) is 9.49. The first-order valence-corrected chi connectivity index (χ1v) is 11.0. The summed E-state index contributed by atoms with van der Waals surface area (Å²) in [6.45, 7) is 3.02. The highest BCUT2D eigenvalue weighted by Crippen LogP contribution is 2.55. The van der Waals surface area contributed by atoms with E-state index in [4.69, 9.17) is 13.6 Å². The summed E-state index contributed by atoms with van der Waals surface area (Å²) < 4.78 is 30.6. The molecule has 2 aromatic carbocycles. The fraction of sp³-hybridized carbons (Fsp3) is 0.400. The van der Waals surface area contributed by atoms with Crippen LogP contribution in [0.1, 0.15) is 12.0 Å². The van der Waals surface area contributed by atoms with Crippen LogP contribution in [0.5, 0.6) is 5.75 Å². The molecule has 2 heterocycles. The van der Waals surface area contributed by atoms with E-state index in [-0.39, 0.29) is 23.5 Å². The number of hydrogen-bond acceptors (Lipinski definition) is 6. The van der Waals surface area contributed by atoms with E-state index >= 15 is 0 Å². The van der Waals surface area contributed by atoms with Crippen molar-refractivity contribution >= 4 is 13.5 Å². The lowest BCUT2D eigenvalue weighted by atomic mass is 9.93. The van der Waals surface area contributed by atoms with Crippen LogP contribution in [-0.2, 0) is 20.2 Å². The van der Waals surface area contributed by atoms with Crippen LogP contribution in [0.25, 0.3) is 0 Å². The molecule has 0 N–H and O–H groups in total. The first-order valence-electron chi connectivity index (χ1n) is 9.59. The van der Waals surface area contributed by atoms with Gasteiger partial charge in [-0.25, -0.2) is 4.57 Å². The fourth-order valence-corrected chi connectivity index (χ4v) is 5.62. The Balaban J connectivity index is 1.38. The van der Waals surface area contributed by atoms with E-state index in [2.05, 4.69) is 19.2 Å². The highest BCUT2D eigenvalue weighted by atomic mass is 31.2. The number of fused-ring (bicyclic) bond motifs is 1. The third kappa shape index (κ3) is 4.67. The molecule has 29 heavy (non-hydrogen) atoms. The van der Waals surface area contributed by atoms with E-state index < -0.39 is 12.7 Å². The SMILES string of the molecule is C[N+]1(Cc2ccccc2)CC[C@@H]2OP(=O)(Oc3ccc([N+](=O)[O-])cc3)OC[C@@H]2C1. The Morgan fingerprint density at radius 1 is 1.21 bits per heavy atom. The van der Waals surface area contributed by atoms with Crippen molar-refractivity contribution in [3.05, 3.63) is 70.3 Å². The van der Waals surface area contributed by atoms with Crippen molar-refractivity contribution in [3.8, 4) is 5.75 Å². The maximum absolute atomic E-state index is 12.9. The first-order chi connectivity index (χ1) is 13.8. The van der Waals surface area contributed by atoms with E-state index in [0.29, 0.717) is 6.61 Å². The molecule has 0 spiro atoms. The second kappa shape index (κ2) is 7.88. The average molecular weight is 419 g/mol. The van der Waals surface area contributed by atoms with E-state index in [1.807, 2.05) is 18.2 Å². The molecule has 2 aliphatic rings. The van der Waals surface area contributed by atoms with Gasteiger partial charge in [0.15, 0.2) is 0 Å². The first kappa shape index (κ1) is 20.0. The molecule has 154 valence electrons. The number of rotatable bonds is 5. The Morgan fingerprint density at radius 2 is 1.93 bits per heavy atom. The molecule has 2 aliphatic heterocycles. The molecule has 0 bridgehead atoms. The number of quaternary nitrogens is 1. The molecule has 2 unspecified atom stereocenters. The molecule has 2 saturated heterocycles. The molecule has 2 fully saturated rings. The van der Waals surface area contributed by atoms with Crippen molar-refractivity contribution in [1.82, 2.24) is 0 Å². The predicted octanol–water partition coefficient (Wildman–Crippen LogP) is 4.16. The Labute approximate surface area is 169 Å². The van der Waals surface area contributed by atoms with Gasteiger partial charge in [0.25, 0.3) is 5.69 Å². The van der Waals surface area contributed by atoms with E-state index in [0.717, 1.165) is 30.5 Å². The van der Waals surface area contributed by atoms with Crippen molar-refractivity contribution < 1.29 is 27.5 Å². The number of piperidine rings is 1. The summed E-state index contributed by atoms with van der Waals surface area (Å²) in [6.07, 6.45) is 0.583. The lowest BCUT2D eigenvalue weighted by molar-refractivity contribution is -0.931. The van der Waals surface area contributed by atoms with Gasteiger partial charge in [-0.15, -0.1) is 0 Å². The lowest BCUT2D eigenvalue weighted by Gasteiger charge is -2.46. The number of nitro groups is 1. The zero-order valence-electron chi connectivity index (χ0n) is 16.2. The normalized spacial score (nSPS) is 31.6. The largest absolute Gasteiger partial charge is 0.530 e. The summed E-state index contributed by atoms with van der Waals surface area (Å²) >= 11 is 0. The summed E-state index contributed by atoms with van der Waals surface area (Å²) in [5.74, 6) is 0.359. The van der Waals surface area contributed by atoms with E-state index in [9.17, 15) is 14.7 Å². The highest BCUT2D eigenvalue weighted by molar-refractivity contribution is 7.49. The maximum atomic E-state index is 12.9. The zero-order chi connectivity index (χ0) is 20.5. The number of hydrogen-bond donors (Lipinski definition) is 0. The van der Waals surface area contributed by atoms with Crippen LogP contribution in [0.15, 0.2) is 54.6 Å². The minimum atomic E-state index is -3.75. The summed E-state index contributed by atoms with van der Waals surface area (Å²) in [7, 11) is -1.52. The minimum absolute atomic E-state index is 0.0658. The molecule has 4 atom stereocenters. The van der Waals surface area contributed by atoms with E-state index in [1.54, 1.807) is 0 Å². The van der Waals surface area contributed by atoms with Crippen LogP contribution in [0.3, 0.4) is 0 Å². The Kier molecular flexibility index (Phi) is 5.44. The van der Waals surface area contributed by atoms with Crippen LogP contribution in [-0.4, -0.2) is 42.3 Å². The molecular weight excluding hydrogens is 395 g/mol. The van der Waals surface area contributed by atoms with Crippen LogP contribution in [0.4, 0.5) is 5.69 Å². The number of phosphoric ester groups is 1. The lowest BCUT2D eigenvalue weighted by Crippen LogP contribution is -2.57. The third-order valence-corrected chi connectivity index (χ3v) is 6.97. The quantitative estimate of drug-likeness (QED) is 0.313. The number of phosphoric acid groups is 1. The van der Waals surface area contributed by atoms with Crippen molar-refractivity contribution in [2.45, 2.75) is 19.1 Å². The summed E-state index contributed by atoms with van der Waals surface area (Å²) in [5, 5.41) is 10.7. The smallest absolute Gasteiger partial charge is 0.404 e. The van der Waals surface area contributed by atoms with Gasteiger partial charge in [-0.2, -0.15) is 0 Å². The van der Waals surface area contributed by atoms with Crippen LogP contribution < -0.4 is 4.52 Å². The van der Waals surface area contributed by atoms with Gasteiger partial charge in [0.2, 0.25) is 0 Å². The van der Waals surface area contributed by atoms with Crippen LogP contribution in [0, 0.1) is 16.0 Å². The van der Waals surface area contributed by atoms with Gasteiger partial charge >= 0.3 is 7.82 Å². The van der Waals surface area contributed by atoms with Gasteiger partial charge in [-0.3, -0.25) is 19.2 Å². The number of nitro benzene ring substituents is 1. The van der Waals surface area contributed by atoms with Crippen LogP contribution >= 0.6 is 7.82 Å². The molecule has 0 aromatic heterocycles. The number of non-ortho nitro benzene ring substituents is 1. The topological polar surface area (TPSA) is 87.9 Å². The molecular formula is C20H24N2O6P+. The molecule has 0 aliphatic carbocycles. The van der Waals surface area contributed by atoms with Gasteiger partial charge < -0.3 is 9.01 Å². The number of nitrogens with zero attached hydrogens (tertiary/aromatic N) is 2. The fourth-order valence-electron chi connectivity index (χ4n) is 4.11.